The molecule has 74 valence electrons. The maximum atomic E-state index is 10.6. The van der Waals surface area contributed by atoms with Crippen LogP contribution in [-0.4, -0.2) is 31.8 Å². The Kier molecular flexibility index (Phi) is 5.34. The van der Waals surface area contributed by atoms with Gasteiger partial charge in [-0.1, -0.05) is 6.58 Å². The van der Waals surface area contributed by atoms with Crippen LogP contribution in [-0.2, 0) is 14.3 Å². The Morgan fingerprint density at radius 1 is 1.62 bits per heavy atom. The molecule has 13 heavy (non-hydrogen) atoms. The molecular formula is C8H13NO4. The smallest absolute Gasteiger partial charge is 0.407 e. The Balaban J connectivity index is 3.62. The summed E-state index contributed by atoms with van der Waals surface area (Å²) in [4.78, 5) is 21.2. The predicted molar refractivity (Wildman–Crippen MR) is 46.2 cm³/mol. The van der Waals surface area contributed by atoms with Gasteiger partial charge in [0.05, 0.1) is 0 Å². The second-order valence-corrected chi connectivity index (χ2v) is 2.30. The molecule has 0 saturated heterocycles. The molecule has 1 unspecified atom stereocenters. The van der Waals surface area contributed by atoms with E-state index in [1.165, 1.54) is 7.05 Å². The average molecular weight is 187 g/mol. The topological polar surface area (TPSA) is 64.6 Å². The molecule has 0 fully saturated rings. The van der Waals surface area contributed by atoms with Gasteiger partial charge < -0.3 is 14.8 Å². The minimum Gasteiger partial charge on any atom is -0.459 e. The fourth-order valence-corrected chi connectivity index (χ4v) is 0.534. The molecule has 0 aliphatic rings. The minimum atomic E-state index is -0.554. The number of hydrogen-bond donors (Lipinski definition) is 1. The molecule has 1 amide bonds. The van der Waals surface area contributed by atoms with Crippen molar-refractivity contribution in [3.63, 3.8) is 0 Å². The highest BCUT2D eigenvalue weighted by Crippen LogP contribution is 1.93. The van der Waals surface area contributed by atoms with Gasteiger partial charge in [-0.3, -0.25) is 0 Å². The lowest BCUT2D eigenvalue weighted by Crippen LogP contribution is -2.27. The van der Waals surface area contributed by atoms with Crippen molar-refractivity contribution in [1.82, 2.24) is 5.32 Å². The monoisotopic (exact) mass is 187 g/mol. The second-order valence-electron chi connectivity index (χ2n) is 2.30. The predicted octanol–water partition coefficient (Wildman–Crippen LogP) is 0.460. The highest BCUT2D eigenvalue weighted by atomic mass is 16.6. The van der Waals surface area contributed by atoms with Gasteiger partial charge in [0.15, 0.2) is 0 Å². The summed E-state index contributed by atoms with van der Waals surface area (Å²) in [5.41, 5.74) is 0. The zero-order valence-electron chi connectivity index (χ0n) is 7.70. The van der Waals surface area contributed by atoms with Gasteiger partial charge in [0.2, 0.25) is 0 Å². The molecule has 5 heteroatoms. The van der Waals surface area contributed by atoms with Crippen molar-refractivity contribution in [2.24, 2.45) is 0 Å². The molecular weight excluding hydrogens is 174 g/mol. The Morgan fingerprint density at radius 2 is 2.23 bits per heavy atom. The van der Waals surface area contributed by atoms with E-state index >= 15 is 0 Å². The van der Waals surface area contributed by atoms with Crippen LogP contribution in [0.3, 0.4) is 0 Å². The summed E-state index contributed by atoms with van der Waals surface area (Å²) in [6.45, 7) is 4.86. The van der Waals surface area contributed by atoms with Crippen molar-refractivity contribution < 1.29 is 19.1 Å². The minimum absolute atomic E-state index is 0.0261. The van der Waals surface area contributed by atoms with Crippen LogP contribution in [0.1, 0.15) is 6.92 Å². The molecule has 0 saturated carbocycles. The van der Waals surface area contributed by atoms with Crippen LogP contribution in [0.15, 0.2) is 12.7 Å². The van der Waals surface area contributed by atoms with Crippen LogP contribution in [0.5, 0.6) is 0 Å². The van der Waals surface area contributed by atoms with Crippen molar-refractivity contribution >= 4 is 12.1 Å². The summed E-state index contributed by atoms with van der Waals surface area (Å²) >= 11 is 0. The maximum absolute atomic E-state index is 10.6. The van der Waals surface area contributed by atoms with E-state index in [-0.39, 0.29) is 6.61 Å². The molecule has 0 radical (unpaired) electrons. The lowest BCUT2D eigenvalue weighted by molar-refractivity contribution is -0.140. The van der Waals surface area contributed by atoms with E-state index in [1.807, 2.05) is 0 Å². The van der Waals surface area contributed by atoms with Gasteiger partial charge in [0.1, 0.15) is 12.7 Å². The molecule has 0 aromatic carbocycles. The molecule has 0 aromatic rings. The van der Waals surface area contributed by atoms with Gasteiger partial charge in [-0.15, -0.1) is 0 Å². The highest BCUT2D eigenvalue weighted by molar-refractivity contribution is 5.81. The first kappa shape index (κ1) is 11.5. The standard InChI is InChI=1S/C8H13NO4/c1-4-7(10)12-5-6(2)13-8(11)9-3/h4,6H,1,5H2,2-3H3,(H,9,11). The van der Waals surface area contributed by atoms with Gasteiger partial charge >= 0.3 is 12.1 Å². The second kappa shape index (κ2) is 6.05. The van der Waals surface area contributed by atoms with Crippen LogP contribution in [0, 0.1) is 0 Å². The molecule has 0 bridgehead atoms. The summed E-state index contributed by atoms with van der Waals surface area (Å²) in [5.74, 6) is -0.535. The number of carbonyl (C=O) groups excluding carboxylic acids is 2. The lowest BCUT2D eigenvalue weighted by Gasteiger charge is -2.11. The average Bonchev–Trinajstić information content (AvgIpc) is 2.13. The van der Waals surface area contributed by atoms with E-state index in [9.17, 15) is 9.59 Å². The summed E-state index contributed by atoms with van der Waals surface area (Å²) in [6.07, 6.45) is 0.0260. The zero-order chi connectivity index (χ0) is 10.3. The van der Waals surface area contributed by atoms with Crippen LogP contribution in [0.4, 0.5) is 4.79 Å². The summed E-state index contributed by atoms with van der Waals surface area (Å²) in [6, 6.07) is 0. The summed E-state index contributed by atoms with van der Waals surface area (Å²) in [5, 5.41) is 2.28. The number of alkyl carbamates (subject to hydrolysis) is 1. The third-order valence-electron chi connectivity index (χ3n) is 1.14. The van der Waals surface area contributed by atoms with Gasteiger partial charge in [0, 0.05) is 13.1 Å². The van der Waals surface area contributed by atoms with Crippen LogP contribution < -0.4 is 5.32 Å². The van der Waals surface area contributed by atoms with E-state index in [4.69, 9.17) is 4.74 Å². The van der Waals surface area contributed by atoms with Gasteiger partial charge in [0.25, 0.3) is 0 Å². The summed E-state index contributed by atoms with van der Waals surface area (Å²) in [7, 11) is 1.45. The molecule has 5 nitrogen and oxygen atoms in total. The van der Waals surface area contributed by atoms with Crippen molar-refractivity contribution in [1.29, 1.82) is 0 Å². The van der Waals surface area contributed by atoms with Gasteiger partial charge in [-0.05, 0) is 6.92 Å². The number of esters is 1. The number of ether oxygens (including phenoxy) is 2. The normalized spacial score (nSPS) is 11.2. The third-order valence-corrected chi connectivity index (χ3v) is 1.14. The van der Waals surface area contributed by atoms with Crippen molar-refractivity contribution in [2.45, 2.75) is 13.0 Å². The quantitative estimate of drug-likeness (QED) is 0.513. The first-order valence-corrected chi connectivity index (χ1v) is 3.77. The Labute approximate surface area is 76.7 Å². The Morgan fingerprint density at radius 3 is 2.69 bits per heavy atom. The maximum Gasteiger partial charge on any atom is 0.407 e. The van der Waals surface area contributed by atoms with Crippen LogP contribution in [0.25, 0.3) is 0 Å². The molecule has 0 aromatic heterocycles. The van der Waals surface area contributed by atoms with Gasteiger partial charge in [-0.2, -0.15) is 0 Å². The number of amides is 1. The van der Waals surface area contributed by atoms with Gasteiger partial charge in [-0.25, -0.2) is 9.59 Å². The lowest BCUT2D eigenvalue weighted by atomic mass is 10.4. The van der Waals surface area contributed by atoms with E-state index in [1.54, 1.807) is 6.92 Å². The molecule has 1 atom stereocenters. The number of hydrogen-bond acceptors (Lipinski definition) is 4. The Bertz CT molecular complexity index is 202. The van der Waals surface area contributed by atoms with Crippen molar-refractivity contribution in [3.8, 4) is 0 Å². The van der Waals surface area contributed by atoms with Crippen molar-refractivity contribution in [2.75, 3.05) is 13.7 Å². The van der Waals surface area contributed by atoms with E-state index < -0.39 is 18.2 Å². The van der Waals surface area contributed by atoms with Crippen molar-refractivity contribution in [3.05, 3.63) is 12.7 Å². The zero-order valence-corrected chi connectivity index (χ0v) is 7.70. The van der Waals surface area contributed by atoms with Crippen LogP contribution in [0.2, 0.25) is 0 Å². The number of carbonyl (C=O) groups is 2. The van der Waals surface area contributed by atoms with Crippen LogP contribution >= 0.6 is 0 Å². The first-order chi connectivity index (χ1) is 6.10. The van der Waals surface area contributed by atoms with E-state index in [0.717, 1.165) is 6.08 Å². The molecule has 0 spiro atoms. The number of nitrogens with one attached hydrogen (secondary N) is 1. The largest absolute Gasteiger partial charge is 0.459 e. The fourth-order valence-electron chi connectivity index (χ4n) is 0.534. The Hall–Kier alpha value is -1.52. The molecule has 0 heterocycles. The third kappa shape index (κ3) is 5.72. The number of rotatable bonds is 4. The molecule has 0 rings (SSSR count). The fraction of sp³-hybridized carbons (Fsp3) is 0.500. The van der Waals surface area contributed by atoms with E-state index in [2.05, 4.69) is 16.6 Å². The highest BCUT2D eigenvalue weighted by Gasteiger charge is 2.08. The summed E-state index contributed by atoms with van der Waals surface area (Å²) < 4.78 is 9.37. The molecule has 0 aliphatic carbocycles. The molecule has 0 aliphatic heterocycles. The molecule has 1 N–H and O–H groups in total. The van der Waals surface area contributed by atoms with E-state index in [0.29, 0.717) is 0 Å². The first-order valence-electron chi connectivity index (χ1n) is 3.77. The SMILES string of the molecule is C=CC(=O)OCC(C)OC(=O)NC.